The number of hydrogen-bond acceptors (Lipinski definition) is 5. The molecule has 0 aliphatic carbocycles. The third-order valence-electron chi connectivity index (χ3n) is 7.58. The van der Waals surface area contributed by atoms with Crippen molar-refractivity contribution in [3.05, 3.63) is 111 Å². The van der Waals surface area contributed by atoms with Gasteiger partial charge in [0.25, 0.3) is 0 Å². The number of fused-ring (bicyclic) bond motifs is 1. The van der Waals surface area contributed by atoms with Crippen LogP contribution in [0.15, 0.2) is 83.7 Å². The zero-order chi connectivity index (χ0) is 28.9. The molecule has 4 aromatic rings. The Morgan fingerprint density at radius 1 is 0.950 bits per heavy atom. The second-order valence-corrected chi connectivity index (χ2v) is 16.3. The summed E-state index contributed by atoms with van der Waals surface area (Å²) in [7, 11) is -2.18. The Hall–Kier alpha value is -3.72. The van der Waals surface area contributed by atoms with Crippen LogP contribution >= 0.6 is 0 Å². The summed E-state index contributed by atoms with van der Waals surface area (Å²) in [4.78, 5) is 26.5. The summed E-state index contributed by atoms with van der Waals surface area (Å²) >= 11 is 0. The van der Waals surface area contributed by atoms with E-state index < -0.39 is 14.3 Å². The van der Waals surface area contributed by atoms with E-state index in [2.05, 4.69) is 44.2 Å². The highest BCUT2D eigenvalue weighted by Gasteiger charge is 2.39. The Morgan fingerprint density at radius 3 is 2.30 bits per heavy atom. The maximum absolute atomic E-state index is 12.4. The highest BCUT2D eigenvalue weighted by molar-refractivity contribution is 6.74. The molecular formula is C32H38N2O5Si. The van der Waals surface area contributed by atoms with Crippen LogP contribution in [0.2, 0.25) is 18.1 Å². The molecule has 7 nitrogen and oxygen atoms in total. The molecule has 0 aliphatic rings. The lowest BCUT2D eigenvalue weighted by atomic mass is 10.0. The molecule has 0 saturated heterocycles. The zero-order valence-corrected chi connectivity index (χ0v) is 24.8. The smallest absolute Gasteiger partial charge is 0.335 e. The lowest BCUT2D eigenvalue weighted by molar-refractivity contribution is 0.0697. The molecular weight excluding hydrogens is 520 g/mol. The number of pyridine rings is 1. The molecule has 1 heterocycles. The van der Waals surface area contributed by atoms with Gasteiger partial charge in [0.1, 0.15) is 12.4 Å². The van der Waals surface area contributed by atoms with Gasteiger partial charge in [-0.15, -0.1) is 0 Å². The van der Waals surface area contributed by atoms with Gasteiger partial charge in [0.2, 0.25) is 5.56 Å². The number of nitrogens with one attached hydrogen (secondary N) is 2. The van der Waals surface area contributed by atoms with E-state index >= 15 is 0 Å². The molecule has 0 bridgehead atoms. The number of aromatic carboxylic acids is 1. The number of H-pyrrole nitrogens is 1. The van der Waals surface area contributed by atoms with Crippen molar-refractivity contribution >= 4 is 25.2 Å². The van der Waals surface area contributed by atoms with Crippen molar-refractivity contribution in [3.8, 4) is 5.75 Å². The quantitative estimate of drug-likeness (QED) is 0.178. The predicted octanol–water partition coefficient (Wildman–Crippen LogP) is 6.66. The second-order valence-electron chi connectivity index (χ2n) is 11.5. The van der Waals surface area contributed by atoms with E-state index in [1.807, 2.05) is 60.7 Å². The number of hydrogen-bond donors (Lipinski definition) is 3. The summed E-state index contributed by atoms with van der Waals surface area (Å²) in [6.45, 7) is 12.6. The largest absolute Gasteiger partial charge is 0.487 e. The van der Waals surface area contributed by atoms with Gasteiger partial charge in [0, 0.05) is 24.5 Å². The maximum Gasteiger partial charge on any atom is 0.335 e. The van der Waals surface area contributed by atoms with Gasteiger partial charge in [0.15, 0.2) is 8.32 Å². The molecule has 0 amide bonds. The summed E-state index contributed by atoms with van der Waals surface area (Å²) in [6.07, 6.45) is -0.282. The van der Waals surface area contributed by atoms with Crippen molar-refractivity contribution in [1.29, 1.82) is 0 Å². The van der Waals surface area contributed by atoms with Crippen LogP contribution in [0.1, 0.15) is 53.9 Å². The van der Waals surface area contributed by atoms with Crippen molar-refractivity contribution in [3.63, 3.8) is 0 Å². The molecule has 0 unspecified atom stereocenters. The van der Waals surface area contributed by atoms with E-state index in [1.54, 1.807) is 12.1 Å². The van der Waals surface area contributed by atoms with Crippen LogP contribution in [0.25, 0.3) is 10.9 Å². The van der Waals surface area contributed by atoms with Crippen LogP contribution in [0.3, 0.4) is 0 Å². The van der Waals surface area contributed by atoms with E-state index in [-0.39, 0.29) is 22.3 Å². The summed E-state index contributed by atoms with van der Waals surface area (Å²) in [5, 5.41) is 13.6. The lowest BCUT2D eigenvalue weighted by Gasteiger charge is -2.39. The number of carbonyl (C=O) groups is 1. The Morgan fingerprint density at radius 2 is 1.65 bits per heavy atom. The average Bonchev–Trinajstić information content (AvgIpc) is 2.91. The molecule has 0 fully saturated rings. The van der Waals surface area contributed by atoms with Crippen molar-refractivity contribution in [2.75, 3.05) is 6.54 Å². The molecule has 40 heavy (non-hydrogen) atoms. The van der Waals surface area contributed by atoms with Gasteiger partial charge in [-0.2, -0.15) is 0 Å². The molecule has 1 aromatic heterocycles. The average molecular weight is 559 g/mol. The minimum Gasteiger partial charge on any atom is -0.487 e. The molecule has 4 rings (SSSR count). The molecule has 0 aliphatic heterocycles. The number of carboxylic acid groups (broad SMARTS) is 1. The minimum atomic E-state index is -2.18. The fourth-order valence-corrected chi connectivity index (χ4v) is 5.52. The van der Waals surface area contributed by atoms with Crippen LogP contribution in [-0.2, 0) is 17.6 Å². The van der Waals surface area contributed by atoms with Gasteiger partial charge < -0.3 is 24.6 Å². The van der Waals surface area contributed by atoms with E-state index in [4.69, 9.17) is 9.16 Å². The molecule has 210 valence electrons. The van der Waals surface area contributed by atoms with Crippen molar-refractivity contribution < 1.29 is 19.1 Å². The first-order valence-electron chi connectivity index (χ1n) is 13.5. The van der Waals surface area contributed by atoms with Crippen LogP contribution in [0, 0.1) is 0 Å². The minimum absolute atomic E-state index is 0.000759. The van der Waals surface area contributed by atoms with Gasteiger partial charge in [-0.3, -0.25) is 4.79 Å². The first kappa shape index (κ1) is 29.3. The van der Waals surface area contributed by atoms with Gasteiger partial charge >= 0.3 is 5.97 Å². The number of rotatable bonds is 11. The van der Waals surface area contributed by atoms with E-state index in [0.29, 0.717) is 31.0 Å². The van der Waals surface area contributed by atoms with Crippen LogP contribution in [-0.4, -0.2) is 30.9 Å². The van der Waals surface area contributed by atoms with Gasteiger partial charge in [0.05, 0.1) is 17.2 Å². The second kappa shape index (κ2) is 12.2. The maximum atomic E-state index is 12.4. The molecule has 0 spiro atoms. The van der Waals surface area contributed by atoms with Crippen molar-refractivity contribution in [2.24, 2.45) is 0 Å². The summed E-state index contributed by atoms with van der Waals surface area (Å²) in [5.41, 5.74) is 3.70. The fraction of sp³-hybridized carbons (Fsp3) is 0.312. The van der Waals surface area contributed by atoms with Gasteiger partial charge in [-0.1, -0.05) is 69.3 Å². The number of aromatic nitrogens is 1. The van der Waals surface area contributed by atoms with E-state index in [0.717, 1.165) is 22.1 Å². The number of aromatic amines is 1. The third-order valence-corrected chi connectivity index (χ3v) is 12.1. The fourth-order valence-electron chi connectivity index (χ4n) is 4.24. The molecule has 0 saturated carbocycles. The van der Waals surface area contributed by atoms with Crippen LogP contribution < -0.4 is 15.6 Å². The van der Waals surface area contributed by atoms with Gasteiger partial charge in [-0.25, -0.2) is 4.79 Å². The van der Waals surface area contributed by atoms with E-state index in [9.17, 15) is 14.7 Å². The monoisotopic (exact) mass is 558 g/mol. The summed E-state index contributed by atoms with van der Waals surface area (Å²) in [5.74, 6) is -0.332. The lowest BCUT2D eigenvalue weighted by Crippen LogP contribution is -2.43. The third kappa shape index (κ3) is 7.07. The standard InChI is InChI=1S/C32H38N2O5Si/c1-32(2,3)40(4,5)39-28(20-33-19-22-11-13-24(14-12-22)31(36)37)25-15-17-27(30-26(25)16-18-29(35)34-30)38-21-23-9-7-6-8-10-23/h6-18,28,33H,19-21H2,1-5H3,(H,34,35)(H,36,37)/t28-/m0/s1. The Bertz CT molecular complexity index is 1510. The Balaban J connectivity index is 1.64. The van der Waals surface area contributed by atoms with Crippen molar-refractivity contribution in [2.45, 2.75) is 58.2 Å². The SMILES string of the molecule is CC(C)(C)[Si](C)(C)O[C@@H](CNCc1ccc(C(=O)O)cc1)c1ccc(OCc2ccccc2)c2[nH]c(=O)ccc12. The number of carboxylic acids is 1. The normalized spacial score (nSPS) is 12.8. The van der Waals surface area contributed by atoms with Crippen LogP contribution in [0.4, 0.5) is 0 Å². The van der Waals surface area contributed by atoms with Crippen molar-refractivity contribution in [1.82, 2.24) is 10.3 Å². The molecule has 0 radical (unpaired) electrons. The Labute approximate surface area is 236 Å². The molecule has 1 atom stereocenters. The molecule has 8 heteroatoms. The van der Waals surface area contributed by atoms with Gasteiger partial charge in [-0.05, 0) is 59.1 Å². The predicted molar refractivity (Wildman–Crippen MR) is 161 cm³/mol. The zero-order valence-electron chi connectivity index (χ0n) is 23.8. The Kier molecular flexibility index (Phi) is 8.93. The number of ether oxygens (including phenoxy) is 1. The highest BCUT2D eigenvalue weighted by atomic mass is 28.4. The molecule has 3 aromatic carbocycles. The topological polar surface area (TPSA) is 101 Å². The first-order valence-corrected chi connectivity index (χ1v) is 16.4. The van der Waals surface area contributed by atoms with E-state index in [1.165, 1.54) is 6.07 Å². The first-order chi connectivity index (χ1) is 18.9. The summed E-state index contributed by atoms with van der Waals surface area (Å²) in [6, 6.07) is 24.1. The summed E-state index contributed by atoms with van der Waals surface area (Å²) < 4.78 is 13.1. The number of benzene rings is 3. The highest BCUT2D eigenvalue weighted by Crippen LogP contribution is 2.41. The van der Waals surface area contributed by atoms with Crippen LogP contribution in [0.5, 0.6) is 5.75 Å². The molecule has 3 N–H and O–H groups in total.